The van der Waals surface area contributed by atoms with E-state index in [1.807, 2.05) is 18.7 Å². The maximum Gasteiger partial charge on any atom is 0.171 e. The van der Waals surface area contributed by atoms with Gasteiger partial charge in [0.15, 0.2) is 11.6 Å². The molecule has 1 N–H and O–H groups in total. The molecule has 2 atom stereocenters. The van der Waals surface area contributed by atoms with Gasteiger partial charge in [-0.3, -0.25) is 0 Å². The van der Waals surface area contributed by atoms with Crippen molar-refractivity contribution in [3.8, 4) is 0 Å². The van der Waals surface area contributed by atoms with Gasteiger partial charge < -0.3 is 14.7 Å². The highest BCUT2D eigenvalue weighted by Gasteiger charge is 2.25. The molecule has 5 heteroatoms. The summed E-state index contributed by atoms with van der Waals surface area (Å²) < 4.78 is 19.6. The van der Waals surface area contributed by atoms with Crippen molar-refractivity contribution in [2.45, 2.75) is 32.7 Å². The zero-order chi connectivity index (χ0) is 12.4. The highest BCUT2D eigenvalue weighted by atomic mass is 19.1. The molecule has 0 spiro atoms. The number of hydrogen-bond donors (Lipinski definition) is 1. The van der Waals surface area contributed by atoms with Crippen LogP contribution in [0.25, 0.3) is 0 Å². The van der Waals surface area contributed by atoms with Gasteiger partial charge in [0.05, 0.1) is 18.8 Å². The highest BCUT2D eigenvalue weighted by Crippen LogP contribution is 2.23. The number of nitrogens with zero attached hydrogens (tertiary/aromatic N) is 2. The van der Waals surface area contributed by atoms with Crippen LogP contribution in [-0.4, -0.2) is 35.4 Å². The Morgan fingerprint density at radius 1 is 1.47 bits per heavy atom. The Morgan fingerprint density at radius 2 is 2.12 bits per heavy atom. The van der Waals surface area contributed by atoms with Crippen molar-refractivity contribution in [2.24, 2.45) is 0 Å². The van der Waals surface area contributed by atoms with Crippen molar-refractivity contribution in [1.82, 2.24) is 4.98 Å². The lowest BCUT2D eigenvalue weighted by atomic mass is 10.2. The molecule has 2 unspecified atom stereocenters. The minimum atomic E-state index is -0.434. The van der Waals surface area contributed by atoms with Crippen LogP contribution in [0.5, 0.6) is 0 Å². The maximum absolute atomic E-state index is 14.0. The molecular weight excluding hydrogens is 223 g/mol. The first-order chi connectivity index (χ1) is 8.11. The van der Waals surface area contributed by atoms with E-state index >= 15 is 0 Å². The highest BCUT2D eigenvalue weighted by molar-refractivity contribution is 5.43. The molecule has 1 aliphatic heterocycles. The minimum Gasteiger partial charge on any atom is -0.392 e. The molecular formula is C12H17FN2O2. The molecule has 0 radical (unpaired) electrons. The van der Waals surface area contributed by atoms with Gasteiger partial charge in [-0.2, -0.15) is 0 Å². The number of morpholine rings is 1. The van der Waals surface area contributed by atoms with Gasteiger partial charge in [-0.05, 0) is 19.9 Å². The summed E-state index contributed by atoms with van der Waals surface area (Å²) in [7, 11) is 0. The molecule has 0 amide bonds. The molecule has 0 saturated carbocycles. The first kappa shape index (κ1) is 12.3. The molecule has 2 heterocycles. The van der Waals surface area contributed by atoms with Crippen LogP contribution in [0.3, 0.4) is 0 Å². The lowest BCUT2D eigenvalue weighted by Crippen LogP contribution is -2.46. The fourth-order valence-electron chi connectivity index (χ4n) is 2.16. The standard InChI is InChI=1S/C12H17FN2O2/c1-8-5-15(6-9(2)17-8)12-11(13)10(7-16)3-4-14-12/h3-4,8-9,16H,5-7H2,1-2H3. The average molecular weight is 240 g/mol. The van der Waals surface area contributed by atoms with Crippen molar-refractivity contribution < 1.29 is 14.2 Å². The minimum absolute atomic E-state index is 0.0535. The average Bonchev–Trinajstić information content (AvgIpc) is 2.28. The topological polar surface area (TPSA) is 45.6 Å². The maximum atomic E-state index is 14.0. The number of aliphatic hydroxyl groups is 1. The Morgan fingerprint density at radius 3 is 2.71 bits per heavy atom. The zero-order valence-electron chi connectivity index (χ0n) is 10.1. The summed E-state index contributed by atoms with van der Waals surface area (Å²) in [5.41, 5.74) is 0.279. The second kappa shape index (κ2) is 4.98. The van der Waals surface area contributed by atoms with Gasteiger partial charge in [0.1, 0.15) is 0 Å². The predicted molar refractivity (Wildman–Crippen MR) is 62.3 cm³/mol. The van der Waals surface area contributed by atoms with E-state index in [2.05, 4.69) is 4.98 Å². The number of rotatable bonds is 2. The first-order valence-corrected chi connectivity index (χ1v) is 5.76. The lowest BCUT2D eigenvalue weighted by molar-refractivity contribution is -0.00566. The molecule has 0 bridgehead atoms. The number of halogens is 1. The van der Waals surface area contributed by atoms with Gasteiger partial charge in [-0.15, -0.1) is 0 Å². The Hall–Kier alpha value is -1.20. The molecule has 1 aromatic heterocycles. The Bertz CT molecular complexity index is 390. The lowest BCUT2D eigenvalue weighted by Gasteiger charge is -2.36. The summed E-state index contributed by atoms with van der Waals surface area (Å²) in [5.74, 6) is -0.130. The Labute approximate surface area is 100 Å². The van der Waals surface area contributed by atoms with Gasteiger partial charge in [-0.25, -0.2) is 9.37 Å². The molecule has 1 aromatic rings. The Balaban J connectivity index is 2.27. The van der Waals surface area contributed by atoms with Crippen molar-refractivity contribution in [3.63, 3.8) is 0 Å². The van der Waals surface area contributed by atoms with E-state index in [0.29, 0.717) is 18.9 Å². The number of pyridine rings is 1. The van der Waals surface area contributed by atoms with Crippen LogP contribution in [0, 0.1) is 5.82 Å². The molecule has 17 heavy (non-hydrogen) atoms. The fraction of sp³-hybridized carbons (Fsp3) is 0.583. The fourth-order valence-corrected chi connectivity index (χ4v) is 2.16. The second-order valence-electron chi connectivity index (χ2n) is 4.43. The summed E-state index contributed by atoms with van der Waals surface area (Å²) >= 11 is 0. The molecule has 0 aromatic carbocycles. The summed E-state index contributed by atoms with van der Waals surface area (Å²) in [6.07, 6.45) is 1.63. The van der Waals surface area contributed by atoms with Crippen LogP contribution in [0.2, 0.25) is 0 Å². The molecule has 4 nitrogen and oxygen atoms in total. The van der Waals surface area contributed by atoms with Gasteiger partial charge >= 0.3 is 0 Å². The largest absolute Gasteiger partial charge is 0.392 e. The van der Waals surface area contributed by atoms with E-state index < -0.39 is 5.82 Å². The molecule has 1 saturated heterocycles. The quantitative estimate of drug-likeness (QED) is 0.847. The molecule has 1 fully saturated rings. The summed E-state index contributed by atoms with van der Waals surface area (Å²) in [6, 6.07) is 1.49. The normalized spacial score (nSPS) is 25.1. The van der Waals surface area contributed by atoms with E-state index in [0.717, 1.165) is 0 Å². The van der Waals surface area contributed by atoms with E-state index in [1.165, 1.54) is 12.3 Å². The Kier molecular flexibility index (Phi) is 3.59. The van der Waals surface area contributed by atoms with Crippen molar-refractivity contribution in [3.05, 3.63) is 23.6 Å². The van der Waals surface area contributed by atoms with Crippen molar-refractivity contribution in [1.29, 1.82) is 0 Å². The number of aromatic nitrogens is 1. The molecule has 1 aliphatic rings. The van der Waals surface area contributed by atoms with Gasteiger partial charge in [0.2, 0.25) is 0 Å². The zero-order valence-corrected chi connectivity index (χ0v) is 10.1. The van der Waals surface area contributed by atoms with Crippen LogP contribution in [-0.2, 0) is 11.3 Å². The van der Waals surface area contributed by atoms with Gasteiger partial charge in [0, 0.05) is 24.8 Å². The number of aliphatic hydroxyl groups excluding tert-OH is 1. The third-order valence-electron chi connectivity index (χ3n) is 2.84. The van der Waals surface area contributed by atoms with Gasteiger partial charge in [0.25, 0.3) is 0 Å². The summed E-state index contributed by atoms with van der Waals surface area (Å²) in [6.45, 7) is 4.83. The number of ether oxygens (including phenoxy) is 1. The van der Waals surface area contributed by atoms with Crippen LogP contribution >= 0.6 is 0 Å². The smallest absolute Gasteiger partial charge is 0.171 e. The van der Waals surface area contributed by atoms with Gasteiger partial charge in [-0.1, -0.05) is 0 Å². The summed E-state index contributed by atoms with van der Waals surface area (Å²) in [5, 5.41) is 9.03. The van der Waals surface area contributed by atoms with Crippen molar-refractivity contribution in [2.75, 3.05) is 18.0 Å². The van der Waals surface area contributed by atoms with E-state index in [4.69, 9.17) is 9.84 Å². The third-order valence-corrected chi connectivity index (χ3v) is 2.84. The molecule has 2 rings (SSSR count). The van der Waals surface area contributed by atoms with Crippen LogP contribution < -0.4 is 4.90 Å². The SMILES string of the molecule is CC1CN(c2nccc(CO)c2F)CC(C)O1. The number of anilines is 1. The third kappa shape index (κ3) is 2.56. The van der Waals surface area contributed by atoms with Crippen molar-refractivity contribution >= 4 is 5.82 Å². The van der Waals surface area contributed by atoms with Crippen LogP contribution in [0.15, 0.2) is 12.3 Å². The first-order valence-electron chi connectivity index (χ1n) is 5.76. The monoisotopic (exact) mass is 240 g/mol. The van der Waals surface area contributed by atoms with E-state index in [1.54, 1.807) is 0 Å². The number of hydrogen-bond acceptors (Lipinski definition) is 4. The molecule has 0 aliphatic carbocycles. The van der Waals surface area contributed by atoms with Crippen LogP contribution in [0.4, 0.5) is 10.2 Å². The van der Waals surface area contributed by atoms with E-state index in [9.17, 15) is 4.39 Å². The van der Waals surface area contributed by atoms with E-state index in [-0.39, 0.29) is 24.4 Å². The molecule has 94 valence electrons. The van der Waals surface area contributed by atoms with Crippen LogP contribution in [0.1, 0.15) is 19.4 Å². The second-order valence-corrected chi connectivity index (χ2v) is 4.43. The summed E-state index contributed by atoms with van der Waals surface area (Å²) in [4.78, 5) is 5.93. The predicted octanol–water partition coefficient (Wildman–Crippen LogP) is 1.33.